The van der Waals surface area contributed by atoms with Crippen molar-refractivity contribution in [1.82, 2.24) is 13.9 Å². The second kappa shape index (κ2) is 4.99. The average molecular weight is 272 g/mol. The van der Waals surface area contributed by atoms with Crippen LogP contribution in [0.25, 0.3) is 0 Å². The van der Waals surface area contributed by atoms with Crippen LogP contribution in [0.5, 0.6) is 0 Å². The Morgan fingerprint density at radius 1 is 1.61 bits per heavy atom. The van der Waals surface area contributed by atoms with E-state index in [-0.39, 0.29) is 11.1 Å². The molecule has 0 bridgehead atoms. The van der Waals surface area contributed by atoms with Gasteiger partial charge in [-0.3, -0.25) is 0 Å². The first kappa shape index (κ1) is 13.5. The molecule has 1 aromatic rings. The van der Waals surface area contributed by atoms with Crippen LogP contribution in [0.4, 0.5) is 0 Å². The van der Waals surface area contributed by atoms with Crippen LogP contribution in [0.3, 0.4) is 0 Å². The highest BCUT2D eigenvalue weighted by molar-refractivity contribution is 7.89. The Morgan fingerprint density at radius 3 is 2.72 bits per heavy atom. The van der Waals surface area contributed by atoms with E-state index in [0.717, 1.165) is 12.8 Å². The fourth-order valence-electron chi connectivity index (χ4n) is 2.09. The summed E-state index contributed by atoms with van der Waals surface area (Å²) in [4.78, 5) is 3.97. The van der Waals surface area contributed by atoms with Gasteiger partial charge < -0.3 is 10.3 Å². The van der Waals surface area contributed by atoms with Gasteiger partial charge in [0.25, 0.3) is 10.0 Å². The van der Waals surface area contributed by atoms with E-state index in [1.54, 1.807) is 17.8 Å². The number of hydrogen-bond acceptors (Lipinski definition) is 4. The molecule has 18 heavy (non-hydrogen) atoms. The quantitative estimate of drug-likeness (QED) is 0.805. The lowest BCUT2D eigenvalue weighted by Gasteiger charge is -2.25. The van der Waals surface area contributed by atoms with Crippen LogP contribution in [0.1, 0.15) is 19.8 Å². The van der Waals surface area contributed by atoms with Gasteiger partial charge >= 0.3 is 0 Å². The predicted octanol–water partition coefficient (Wildman–Crippen LogP) is 0.261. The van der Waals surface area contributed by atoms with Gasteiger partial charge in [0.05, 0.1) is 6.33 Å². The van der Waals surface area contributed by atoms with Crippen molar-refractivity contribution in [3.63, 3.8) is 0 Å². The van der Waals surface area contributed by atoms with Gasteiger partial charge in [0, 0.05) is 32.4 Å². The van der Waals surface area contributed by atoms with E-state index in [9.17, 15) is 8.42 Å². The Morgan fingerprint density at radius 2 is 2.28 bits per heavy atom. The summed E-state index contributed by atoms with van der Waals surface area (Å²) in [5.41, 5.74) is 5.69. The van der Waals surface area contributed by atoms with Crippen LogP contribution >= 0.6 is 0 Å². The maximum absolute atomic E-state index is 12.4. The summed E-state index contributed by atoms with van der Waals surface area (Å²) >= 11 is 0. The van der Waals surface area contributed by atoms with E-state index in [1.165, 1.54) is 10.6 Å². The third-order valence-electron chi connectivity index (χ3n) is 3.49. The summed E-state index contributed by atoms with van der Waals surface area (Å²) in [6, 6.07) is -0.109. The number of sulfonamides is 1. The fraction of sp³-hybridized carbons (Fsp3) is 0.727. The van der Waals surface area contributed by atoms with Crippen molar-refractivity contribution in [2.45, 2.75) is 37.4 Å². The molecule has 0 aromatic carbocycles. The number of imidazole rings is 1. The van der Waals surface area contributed by atoms with E-state index in [4.69, 9.17) is 5.73 Å². The molecule has 0 spiro atoms. The molecule has 1 atom stereocenters. The van der Waals surface area contributed by atoms with Crippen molar-refractivity contribution < 1.29 is 8.42 Å². The van der Waals surface area contributed by atoms with Gasteiger partial charge in [0.2, 0.25) is 0 Å². The number of aryl methyl sites for hydroxylation is 1. The lowest BCUT2D eigenvalue weighted by atomic mass is 10.2. The fourth-order valence-corrected chi connectivity index (χ4v) is 3.45. The second-order valence-electron chi connectivity index (χ2n) is 4.70. The van der Waals surface area contributed by atoms with Gasteiger partial charge in [-0.05, 0) is 25.7 Å². The first-order valence-corrected chi connectivity index (χ1v) is 7.64. The van der Waals surface area contributed by atoms with Gasteiger partial charge in [-0.25, -0.2) is 13.4 Å². The number of hydrogen-bond donors (Lipinski definition) is 1. The predicted molar refractivity (Wildman–Crippen MR) is 68.4 cm³/mol. The van der Waals surface area contributed by atoms with Gasteiger partial charge in [-0.2, -0.15) is 4.31 Å². The molecule has 0 saturated heterocycles. The largest absolute Gasteiger partial charge is 0.336 e. The highest BCUT2D eigenvalue weighted by Crippen LogP contribution is 2.36. The first-order chi connectivity index (χ1) is 8.50. The molecule has 0 radical (unpaired) electrons. The van der Waals surface area contributed by atoms with E-state index < -0.39 is 10.0 Å². The van der Waals surface area contributed by atoms with Crippen molar-refractivity contribution in [2.24, 2.45) is 11.7 Å². The monoisotopic (exact) mass is 272 g/mol. The Kier molecular flexibility index (Phi) is 3.74. The zero-order valence-electron chi connectivity index (χ0n) is 10.8. The SMILES string of the molecule is CCn1cnc(S(=O)(=O)N(C)C(CN)C2CC2)c1. The first-order valence-electron chi connectivity index (χ1n) is 6.20. The van der Waals surface area contributed by atoms with E-state index in [0.29, 0.717) is 19.0 Å². The van der Waals surface area contributed by atoms with Crippen molar-refractivity contribution in [3.8, 4) is 0 Å². The summed E-state index contributed by atoms with van der Waals surface area (Å²) in [5, 5.41) is 0.103. The van der Waals surface area contributed by atoms with Gasteiger partial charge in [-0.15, -0.1) is 0 Å². The third kappa shape index (κ3) is 2.43. The van der Waals surface area contributed by atoms with Gasteiger partial charge in [0.1, 0.15) is 0 Å². The molecule has 1 aromatic heterocycles. The molecule has 6 nitrogen and oxygen atoms in total. The van der Waals surface area contributed by atoms with Gasteiger partial charge in [0.15, 0.2) is 5.03 Å². The van der Waals surface area contributed by atoms with Crippen LogP contribution in [0.15, 0.2) is 17.6 Å². The molecular weight excluding hydrogens is 252 g/mol. The summed E-state index contributed by atoms with van der Waals surface area (Å²) < 4.78 is 27.9. The molecule has 7 heteroatoms. The Hall–Kier alpha value is -0.920. The van der Waals surface area contributed by atoms with Crippen molar-refractivity contribution >= 4 is 10.0 Å². The van der Waals surface area contributed by atoms with Gasteiger partial charge in [-0.1, -0.05) is 0 Å². The van der Waals surface area contributed by atoms with Crippen LogP contribution in [0, 0.1) is 5.92 Å². The highest BCUT2D eigenvalue weighted by atomic mass is 32.2. The molecule has 1 aliphatic rings. The van der Waals surface area contributed by atoms with Crippen molar-refractivity contribution in [2.75, 3.05) is 13.6 Å². The van der Waals surface area contributed by atoms with E-state index in [2.05, 4.69) is 4.98 Å². The number of likely N-dealkylation sites (N-methyl/N-ethyl adjacent to an activating group) is 1. The zero-order valence-corrected chi connectivity index (χ0v) is 11.6. The van der Waals surface area contributed by atoms with Crippen LogP contribution in [0.2, 0.25) is 0 Å². The lowest BCUT2D eigenvalue weighted by molar-refractivity contribution is 0.339. The molecule has 1 heterocycles. The standard InChI is InChI=1S/C11H20N4O2S/c1-3-15-7-11(13-8-15)18(16,17)14(2)10(6-12)9-4-5-9/h7-10H,3-6,12H2,1-2H3. The molecule has 2 N–H and O–H groups in total. The minimum atomic E-state index is -3.52. The normalized spacial score (nSPS) is 18.2. The summed E-state index contributed by atoms with van der Waals surface area (Å²) in [6.45, 7) is 3.00. The topological polar surface area (TPSA) is 81.2 Å². The lowest BCUT2D eigenvalue weighted by Crippen LogP contribution is -2.43. The van der Waals surface area contributed by atoms with Crippen molar-refractivity contribution in [1.29, 1.82) is 0 Å². The zero-order chi connectivity index (χ0) is 13.3. The average Bonchev–Trinajstić information content (AvgIpc) is 3.06. The Labute approximate surface area is 108 Å². The number of aromatic nitrogens is 2. The molecule has 1 saturated carbocycles. The molecule has 1 unspecified atom stereocenters. The number of rotatable bonds is 6. The molecule has 102 valence electrons. The number of nitrogens with two attached hydrogens (primary N) is 1. The Balaban J connectivity index is 2.23. The molecule has 0 amide bonds. The minimum Gasteiger partial charge on any atom is -0.336 e. The highest BCUT2D eigenvalue weighted by Gasteiger charge is 2.38. The second-order valence-corrected chi connectivity index (χ2v) is 6.65. The van der Waals surface area contributed by atoms with E-state index >= 15 is 0 Å². The maximum Gasteiger partial charge on any atom is 0.262 e. The molecule has 1 aliphatic carbocycles. The number of nitrogens with zero attached hydrogens (tertiary/aromatic N) is 3. The molecular formula is C11H20N4O2S. The summed E-state index contributed by atoms with van der Waals surface area (Å²) in [5.74, 6) is 0.406. The summed E-state index contributed by atoms with van der Waals surface area (Å²) in [6.07, 6.45) is 5.22. The maximum atomic E-state index is 12.4. The van der Waals surface area contributed by atoms with Crippen LogP contribution in [-0.4, -0.2) is 41.9 Å². The van der Waals surface area contributed by atoms with Crippen LogP contribution in [-0.2, 0) is 16.6 Å². The smallest absolute Gasteiger partial charge is 0.262 e. The summed E-state index contributed by atoms with van der Waals surface area (Å²) in [7, 11) is -1.93. The molecule has 1 fully saturated rings. The molecule has 0 aliphatic heterocycles. The van der Waals surface area contributed by atoms with Crippen LogP contribution < -0.4 is 5.73 Å². The Bertz CT molecular complexity index is 507. The minimum absolute atomic E-state index is 0.103. The molecule has 2 rings (SSSR count). The van der Waals surface area contributed by atoms with Crippen molar-refractivity contribution in [3.05, 3.63) is 12.5 Å². The van der Waals surface area contributed by atoms with E-state index in [1.807, 2.05) is 6.92 Å². The third-order valence-corrected chi connectivity index (χ3v) is 5.26.